The Morgan fingerprint density at radius 3 is 2.46 bits per heavy atom. The maximum absolute atomic E-state index is 12.9. The van der Waals surface area contributed by atoms with Crippen LogP contribution < -0.4 is 10.1 Å². The predicted molar refractivity (Wildman–Crippen MR) is 105 cm³/mol. The molecule has 3 rings (SSSR count). The summed E-state index contributed by atoms with van der Waals surface area (Å²) in [6.07, 6.45) is 3.53. The quantitative estimate of drug-likeness (QED) is 0.805. The highest BCUT2D eigenvalue weighted by molar-refractivity contribution is 5.97. The summed E-state index contributed by atoms with van der Waals surface area (Å²) in [5, 5.41) is 7.21. The van der Waals surface area contributed by atoms with Crippen LogP contribution in [0.3, 0.4) is 0 Å². The third-order valence-corrected chi connectivity index (χ3v) is 4.89. The molecule has 1 unspecified atom stereocenters. The van der Waals surface area contributed by atoms with E-state index in [0.29, 0.717) is 44.1 Å². The third-order valence-electron chi connectivity index (χ3n) is 4.89. The van der Waals surface area contributed by atoms with Crippen molar-refractivity contribution in [1.82, 2.24) is 24.9 Å². The lowest BCUT2D eigenvalue weighted by Crippen LogP contribution is -2.52. The van der Waals surface area contributed by atoms with Gasteiger partial charge in [0.1, 0.15) is 11.8 Å². The highest BCUT2D eigenvalue weighted by atomic mass is 16.5. The van der Waals surface area contributed by atoms with Crippen molar-refractivity contribution in [3.63, 3.8) is 0 Å². The average Bonchev–Trinajstić information content (AvgIpc) is 3.14. The molecule has 1 saturated heterocycles. The molecule has 1 aliphatic rings. The Bertz CT molecular complexity index is 827. The number of aromatic nitrogens is 2. The summed E-state index contributed by atoms with van der Waals surface area (Å²) in [5.74, 6) is 0.534. The molecule has 8 nitrogen and oxygen atoms in total. The van der Waals surface area contributed by atoms with Gasteiger partial charge in [-0.2, -0.15) is 5.10 Å². The predicted octanol–water partition coefficient (Wildman–Crippen LogP) is 1.06. The first-order valence-corrected chi connectivity index (χ1v) is 9.50. The molecule has 0 radical (unpaired) electrons. The van der Waals surface area contributed by atoms with Gasteiger partial charge in [-0.05, 0) is 26.1 Å². The lowest BCUT2D eigenvalue weighted by Gasteiger charge is -2.36. The second kappa shape index (κ2) is 8.88. The van der Waals surface area contributed by atoms with E-state index in [0.717, 1.165) is 5.56 Å². The van der Waals surface area contributed by atoms with Gasteiger partial charge in [0.25, 0.3) is 5.91 Å². The average molecular weight is 385 g/mol. The SMILES string of the molecule is CCOc1ccccc1C(=O)N1CCN(C(=O)C(NC)c2cnn(C)c2)CC1. The van der Waals surface area contributed by atoms with Gasteiger partial charge in [-0.15, -0.1) is 0 Å². The number of rotatable bonds is 6. The minimum Gasteiger partial charge on any atom is -0.493 e. The summed E-state index contributed by atoms with van der Waals surface area (Å²) in [7, 11) is 3.59. The van der Waals surface area contributed by atoms with Crippen molar-refractivity contribution in [2.45, 2.75) is 13.0 Å². The van der Waals surface area contributed by atoms with Crippen molar-refractivity contribution in [3.8, 4) is 5.75 Å². The molecule has 150 valence electrons. The summed E-state index contributed by atoms with van der Waals surface area (Å²) in [6, 6.07) is 6.84. The number of amides is 2. The van der Waals surface area contributed by atoms with Crippen molar-refractivity contribution < 1.29 is 14.3 Å². The fourth-order valence-corrected chi connectivity index (χ4v) is 3.43. The van der Waals surface area contributed by atoms with Gasteiger partial charge in [0.05, 0.1) is 18.4 Å². The molecule has 2 amide bonds. The van der Waals surface area contributed by atoms with E-state index in [1.54, 1.807) is 33.8 Å². The van der Waals surface area contributed by atoms with Crippen LogP contribution in [0.4, 0.5) is 0 Å². The number of carbonyl (C=O) groups excluding carboxylic acids is 2. The molecule has 8 heteroatoms. The number of carbonyl (C=O) groups is 2. The fraction of sp³-hybridized carbons (Fsp3) is 0.450. The van der Waals surface area contributed by atoms with Crippen LogP contribution in [-0.4, -0.2) is 71.2 Å². The Balaban J connectivity index is 1.64. The van der Waals surface area contributed by atoms with Crippen LogP contribution in [0, 0.1) is 0 Å². The number of aryl methyl sites for hydroxylation is 1. The lowest BCUT2D eigenvalue weighted by molar-refractivity contribution is -0.135. The first-order chi connectivity index (χ1) is 13.5. The van der Waals surface area contributed by atoms with Gasteiger partial charge in [-0.25, -0.2) is 0 Å². The Labute approximate surface area is 165 Å². The van der Waals surface area contributed by atoms with Gasteiger partial charge in [0.15, 0.2) is 0 Å². The molecular weight excluding hydrogens is 358 g/mol. The third kappa shape index (κ3) is 4.17. The van der Waals surface area contributed by atoms with Gasteiger partial charge >= 0.3 is 0 Å². The van der Waals surface area contributed by atoms with E-state index < -0.39 is 6.04 Å². The molecule has 0 spiro atoms. The highest BCUT2D eigenvalue weighted by Crippen LogP contribution is 2.21. The Hall–Kier alpha value is -2.87. The zero-order valence-electron chi connectivity index (χ0n) is 16.6. The largest absolute Gasteiger partial charge is 0.493 e. The first kappa shape index (κ1) is 19.9. The number of likely N-dealkylation sites (N-methyl/N-ethyl adjacent to an activating group) is 1. The van der Waals surface area contributed by atoms with Crippen molar-refractivity contribution in [3.05, 3.63) is 47.8 Å². The van der Waals surface area contributed by atoms with E-state index in [1.807, 2.05) is 38.4 Å². The summed E-state index contributed by atoms with van der Waals surface area (Å²) >= 11 is 0. The standard InChI is InChI=1S/C20H27N5O3/c1-4-28-17-8-6-5-7-16(17)19(26)24-9-11-25(12-10-24)20(27)18(21-2)15-13-22-23(3)14-15/h5-8,13-14,18,21H,4,9-12H2,1-3H3. The molecule has 2 aromatic rings. The molecule has 1 fully saturated rings. The van der Waals surface area contributed by atoms with Gasteiger partial charge < -0.3 is 19.9 Å². The number of para-hydroxylation sites is 1. The first-order valence-electron chi connectivity index (χ1n) is 9.50. The molecule has 1 aliphatic heterocycles. The van der Waals surface area contributed by atoms with E-state index >= 15 is 0 Å². The van der Waals surface area contributed by atoms with Crippen LogP contribution in [0.15, 0.2) is 36.7 Å². The monoisotopic (exact) mass is 385 g/mol. The Kier molecular flexibility index (Phi) is 6.30. The van der Waals surface area contributed by atoms with E-state index in [2.05, 4.69) is 10.4 Å². The van der Waals surface area contributed by atoms with Gasteiger partial charge in [-0.1, -0.05) is 12.1 Å². The van der Waals surface area contributed by atoms with Gasteiger partial charge in [0, 0.05) is 45.0 Å². The second-order valence-electron chi connectivity index (χ2n) is 6.72. The van der Waals surface area contributed by atoms with Crippen molar-refractivity contribution in [1.29, 1.82) is 0 Å². The smallest absolute Gasteiger partial charge is 0.257 e. The number of piperazine rings is 1. The maximum Gasteiger partial charge on any atom is 0.257 e. The summed E-state index contributed by atoms with van der Waals surface area (Å²) in [6.45, 7) is 4.39. The molecule has 1 N–H and O–H groups in total. The zero-order valence-corrected chi connectivity index (χ0v) is 16.6. The van der Waals surface area contributed by atoms with Gasteiger partial charge in [0.2, 0.25) is 5.91 Å². The topological polar surface area (TPSA) is 79.7 Å². The van der Waals surface area contributed by atoms with Crippen LogP contribution in [0.5, 0.6) is 5.75 Å². The fourth-order valence-electron chi connectivity index (χ4n) is 3.43. The van der Waals surface area contributed by atoms with Gasteiger partial charge in [-0.3, -0.25) is 14.3 Å². The normalized spacial score (nSPS) is 15.4. The molecule has 0 aliphatic carbocycles. The number of nitrogens with one attached hydrogen (secondary N) is 1. The van der Waals surface area contributed by atoms with Crippen LogP contribution in [0.2, 0.25) is 0 Å². The maximum atomic E-state index is 12.9. The second-order valence-corrected chi connectivity index (χ2v) is 6.72. The van der Waals surface area contributed by atoms with E-state index in [-0.39, 0.29) is 11.8 Å². The zero-order chi connectivity index (χ0) is 20.1. The number of nitrogens with zero attached hydrogens (tertiary/aromatic N) is 4. The molecule has 28 heavy (non-hydrogen) atoms. The summed E-state index contributed by atoms with van der Waals surface area (Å²) < 4.78 is 7.26. The van der Waals surface area contributed by atoms with E-state index in [4.69, 9.17) is 4.74 Å². The van der Waals surface area contributed by atoms with E-state index in [1.165, 1.54) is 0 Å². The van der Waals surface area contributed by atoms with Crippen LogP contribution in [-0.2, 0) is 11.8 Å². The molecule has 0 saturated carbocycles. The van der Waals surface area contributed by atoms with Crippen LogP contribution in [0.1, 0.15) is 28.9 Å². The van der Waals surface area contributed by atoms with Crippen molar-refractivity contribution in [2.24, 2.45) is 7.05 Å². The molecule has 2 heterocycles. The van der Waals surface area contributed by atoms with Crippen LogP contribution >= 0.6 is 0 Å². The molecule has 1 aromatic heterocycles. The Morgan fingerprint density at radius 1 is 1.18 bits per heavy atom. The van der Waals surface area contributed by atoms with Crippen molar-refractivity contribution in [2.75, 3.05) is 39.8 Å². The minimum absolute atomic E-state index is 0.00249. The van der Waals surface area contributed by atoms with Crippen LogP contribution in [0.25, 0.3) is 0 Å². The number of benzene rings is 1. The minimum atomic E-state index is -0.436. The number of hydrogen-bond donors (Lipinski definition) is 1. The van der Waals surface area contributed by atoms with Crippen molar-refractivity contribution >= 4 is 11.8 Å². The summed E-state index contributed by atoms with van der Waals surface area (Å²) in [5.41, 5.74) is 1.40. The molecular formula is C20H27N5O3. The summed E-state index contributed by atoms with van der Waals surface area (Å²) in [4.78, 5) is 29.4. The molecule has 1 aromatic carbocycles. The van der Waals surface area contributed by atoms with E-state index in [9.17, 15) is 9.59 Å². The number of hydrogen-bond acceptors (Lipinski definition) is 5. The molecule has 0 bridgehead atoms. The lowest BCUT2D eigenvalue weighted by atomic mass is 10.1. The molecule has 1 atom stereocenters. The highest BCUT2D eigenvalue weighted by Gasteiger charge is 2.30. The number of ether oxygens (including phenoxy) is 1. The Morgan fingerprint density at radius 2 is 1.86 bits per heavy atom.